The normalized spacial score (nSPS) is 10.9. The molecule has 0 amide bonds. The highest BCUT2D eigenvalue weighted by atomic mass is 19.2. The molecule has 0 fully saturated rings. The quantitative estimate of drug-likeness (QED) is 0.529. The van der Waals surface area contributed by atoms with Gasteiger partial charge in [0.15, 0.2) is 11.6 Å². The summed E-state index contributed by atoms with van der Waals surface area (Å²) in [5, 5.41) is 12.7. The number of carbonyl (C=O) groups excluding carboxylic acids is 1. The first-order valence-corrected chi connectivity index (χ1v) is 7.81. The topological polar surface area (TPSA) is 77.3 Å². The molecule has 0 saturated carbocycles. The van der Waals surface area contributed by atoms with Crippen LogP contribution in [0.3, 0.4) is 0 Å². The largest absolute Gasteiger partial charge is 0.805 e. The Kier molecular flexibility index (Phi) is 4.66. The molecule has 0 spiro atoms. The van der Waals surface area contributed by atoms with Gasteiger partial charge < -0.3 is 14.7 Å². The van der Waals surface area contributed by atoms with Gasteiger partial charge in [0, 0.05) is 11.0 Å². The summed E-state index contributed by atoms with van der Waals surface area (Å²) >= 11 is 0. The molecule has 8 heteroatoms. The molecule has 0 aliphatic heterocycles. The summed E-state index contributed by atoms with van der Waals surface area (Å²) in [5.41, 5.74) is -0.684. The highest BCUT2D eigenvalue weighted by Crippen LogP contribution is 2.25. The number of aromatic nitrogens is 2. The van der Waals surface area contributed by atoms with Crippen LogP contribution in [0.1, 0.15) is 12.6 Å². The van der Waals surface area contributed by atoms with E-state index in [4.69, 9.17) is 4.74 Å². The van der Waals surface area contributed by atoms with E-state index in [0.29, 0.717) is 22.1 Å². The van der Waals surface area contributed by atoms with Gasteiger partial charge in [0.2, 0.25) is 0 Å². The van der Waals surface area contributed by atoms with Gasteiger partial charge in [-0.1, -0.05) is 18.2 Å². The van der Waals surface area contributed by atoms with Crippen LogP contribution in [0.2, 0.25) is 0 Å². The molecule has 3 aromatic rings. The number of esters is 1. The van der Waals surface area contributed by atoms with E-state index in [-0.39, 0.29) is 33.8 Å². The minimum atomic E-state index is -1.27. The second kappa shape index (κ2) is 6.91. The lowest BCUT2D eigenvalue weighted by Gasteiger charge is -2.19. The monoisotopic (exact) mass is 360 g/mol. The van der Waals surface area contributed by atoms with Crippen LogP contribution in [0.25, 0.3) is 22.3 Å². The summed E-state index contributed by atoms with van der Waals surface area (Å²) in [5.74, 6) is -3.23. The van der Waals surface area contributed by atoms with Crippen molar-refractivity contribution in [1.29, 1.82) is 0 Å². The van der Waals surface area contributed by atoms with Gasteiger partial charge in [-0.15, -0.1) is 0 Å². The summed E-state index contributed by atoms with van der Waals surface area (Å²) in [7, 11) is 0. The number of hydrogen-bond donors (Lipinski definition) is 0. The van der Waals surface area contributed by atoms with Crippen LogP contribution in [0.4, 0.5) is 8.78 Å². The zero-order valence-corrected chi connectivity index (χ0v) is 13.7. The van der Waals surface area contributed by atoms with Crippen LogP contribution in [-0.2, 0) is 16.0 Å². The molecule has 1 aromatic heterocycles. The Hall–Kier alpha value is -3.29. The van der Waals surface area contributed by atoms with Crippen molar-refractivity contribution in [2.24, 2.45) is 0 Å². The maximum atomic E-state index is 13.6. The lowest BCUT2D eigenvalue weighted by molar-refractivity contribution is -0.452. The molecule has 0 aliphatic carbocycles. The first-order chi connectivity index (χ1) is 12.4. The van der Waals surface area contributed by atoms with Crippen LogP contribution in [-0.4, -0.2) is 17.3 Å². The maximum absolute atomic E-state index is 13.6. The number of fused-ring (bicyclic) bond motifs is 1. The predicted octanol–water partition coefficient (Wildman–Crippen LogP) is 2.95. The molecular formula is C18H14F2N2O4. The Morgan fingerprint density at radius 2 is 1.85 bits per heavy atom. The molecule has 1 heterocycles. The van der Waals surface area contributed by atoms with Gasteiger partial charge in [0.25, 0.3) is 11.2 Å². The minimum Gasteiger partial charge on any atom is -0.805 e. The Morgan fingerprint density at radius 1 is 1.19 bits per heavy atom. The molecule has 0 N–H and O–H groups in total. The number of nitrogens with zero attached hydrogens (tertiary/aromatic N) is 2. The van der Waals surface area contributed by atoms with Crippen molar-refractivity contribution in [2.75, 3.05) is 6.61 Å². The standard InChI is InChI=1S/C18H14F2N2O4/c1-2-26-17(23)10-16-18(11-6-4-3-5-7-11)22(25)15-9-13(20)12(19)8-14(15)21(16)24/h3-9H,2,10H2,1H3. The zero-order valence-electron chi connectivity index (χ0n) is 13.7. The van der Waals surface area contributed by atoms with Crippen molar-refractivity contribution in [1.82, 2.24) is 4.73 Å². The van der Waals surface area contributed by atoms with Crippen LogP contribution in [0.5, 0.6) is 0 Å². The van der Waals surface area contributed by atoms with E-state index in [1.807, 2.05) is 0 Å². The van der Waals surface area contributed by atoms with Gasteiger partial charge in [0.1, 0.15) is 11.2 Å². The number of ether oxygens (including phenoxy) is 1. The van der Waals surface area contributed by atoms with Crippen molar-refractivity contribution < 1.29 is 22.7 Å². The fraction of sp³-hybridized carbons (Fsp3) is 0.167. The third-order valence-electron chi connectivity index (χ3n) is 3.84. The van der Waals surface area contributed by atoms with Gasteiger partial charge in [-0.05, 0) is 19.1 Å². The van der Waals surface area contributed by atoms with E-state index < -0.39 is 24.0 Å². The lowest BCUT2D eigenvalue weighted by atomic mass is 10.1. The fourth-order valence-corrected chi connectivity index (χ4v) is 2.71. The van der Waals surface area contributed by atoms with Gasteiger partial charge in [-0.3, -0.25) is 4.79 Å². The molecule has 0 saturated heterocycles. The highest BCUT2D eigenvalue weighted by Gasteiger charge is 2.27. The summed E-state index contributed by atoms with van der Waals surface area (Å²) in [4.78, 5) is 24.7. The molecule has 0 bridgehead atoms. The molecule has 0 unspecified atom stereocenters. The Balaban J connectivity index is 2.38. The molecule has 26 heavy (non-hydrogen) atoms. The predicted molar refractivity (Wildman–Crippen MR) is 89.8 cm³/mol. The molecule has 2 aromatic carbocycles. The Bertz CT molecular complexity index is 1050. The number of hydrogen-bond acceptors (Lipinski definition) is 4. The number of rotatable bonds is 4. The van der Waals surface area contributed by atoms with Gasteiger partial charge in [-0.2, -0.15) is 0 Å². The smallest absolute Gasteiger partial charge is 0.312 e. The first kappa shape index (κ1) is 17.5. The van der Waals surface area contributed by atoms with Crippen LogP contribution in [0, 0.1) is 21.7 Å². The van der Waals surface area contributed by atoms with E-state index in [2.05, 4.69) is 0 Å². The van der Waals surface area contributed by atoms with Crippen molar-refractivity contribution in [3.05, 3.63) is 69.9 Å². The molecule has 3 rings (SSSR count). The average Bonchev–Trinajstić information content (AvgIpc) is 2.62. The Labute approximate surface area is 146 Å². The molecule has 0 atom stereocenters. The van der Waals surface area contributed by atoms with Crippen molar-refractivity contribution >= 4 is 17.0 Å². The minimum absolute atomic E-state index is 0.100. The van der Waals surface area contributed by atoms with Crippen LogP contribution >= 0.6 is 0 Å². The third kappa shape index (κ3) is 3.01. The van der Waals surface area contributed by atoms with Crippen molar-refractivity contribution in [2.45, 2.75) is 13.3 Å². The molecule has 134 valence electrons. The zero-order chi connectivity index (χ0) is 18.8. The fourth-order valence-electron chi connectivity index (χ4n) is 2.71. The summed E-state index contributed by atoms with van der Waals surface area (Å²) < 4.78 is 32.6. The van der Waals surface area contributed by atoms with E-state index in [1.54, 1.807) is 37.3 Å². The highest BCUT2D eigenvalue weighted by molar-refractivity contribution is 5.79. The van der Waals surface area contributed by atoms with Gasteiger partial charge >= 0.3 is 5.97 Å². The first-order valence-electron chi connectivity index (χ1n) is 7.81. The van der Waals surface area contributed by atoms with Gasteiger partial charge in [-0.25, -0.2) is 8.78 Å². The van der Waals surface area contributed by atoms with E-state index in [0.717, 1.165) is 0 Å². The summed E-state index contributed by atoms with van der Waals surface area (Å²) in [6.07, 6.45) is -0.487. The van der Waals surface area contributed by atoms with Crippen LogP contribution < -0.4 is 4.43 Å². The molecule has 0 aliphatic rings. The SMILES string of the molecule is CCOC(=O)Cc1c(-c2ccccc2)[n+](=O)c2cc(F)c(F)cc2n1[O-]. The van der Waals surface area contributed by atoms with Crippen molar-refractivity contribution in [3.8, 4) is 11.3 Å². The third-order valence-corrected chi connectivity index (χ3v) is 3.84. The number of halogens is 2. The maximum Gasteiger partial charge on any atom is 0.312 e. The number of carbonyl (C=O) groups is 1. The summed E-state index contributed by atoms with van der Waals surface area (Å²) in [6.45, 7) is 1.71. The second-order valence-corrected chi connectivity index (χ2v) is 5.49. The average molecular weight is 360 g/mol. The molecule has 0 radical (unpaired) electrons. The Morgan fingerprint density at radius 3 is 2.50 bits per heavy atom. The summed E-state index contributed by atoms with van der Waals surface area (Å²) in [6, 6.07) is 9.45. The molecular weight excluding hydrogens is 346 g/mol. The lowest BCUT2D eigenvalue weighted by Crippen LogP contribution is -2.27. The molecule has 6 nitrogen and oxygen atoms in total. The van der Waals surface area contributed by atoms with Crippen molar-refractivity contribution in [3.63, 3.8) is 0 Å². The van der Waals surface area contributed by atoms with E-state index >= 15 is 0 Å². The second-order valence-electron chi connectivity index (χ2n) is 5.49. The number of benzene rings is 2. The van der Waals surface area contributed by atoms with E-state index in [1.165, 1.54) is 0 Å². The van der Waals surface area contributed by atoms with Gasteiger partial charge in [0.05, 0.1) is 29.1 Å². The van der Waals surface area contributed by atoms with E-state index in [9.17, 15) is 23.7 Å². The van der Waals surface area contributed by atoms with Crippen LogP contribution in [0.15, 0.2) is 42.5 Å².